The highest BCUT2D eigenvalue weighted by Gasteiger charge is 2.33. The third-order valence-electron chi connectivity index (χ3n) is 6.71. The van der Waals surface area contributed by atoms with E-state index in [0.29, 0.717) is 12.3 Å². The van der Waals surface area contributed by atoms with E-state index in [-0.39, 0.29) is 30.5 Å². The Kier molecular flexibility index (Phi) is 10.9. The minimum absolute atomic E-state index is 0.133. The highest BCUT2D eigenvalue weighted by molar-refractivity contribution is 7.92. The number of aryl methyl sites for hydroxylation is 2. The Bertz CT molecular complexity index is 1420. The van der Waals surface area contributed by atoms with Gasteiger partial charge in [-0.2, -0.15) is 0 Å². The maximum atomic E-state index is 14.2. The van der Waals surface area contributed by atoms with Gasteiger partial charge in [-0.3, -0.25) is 13.9 Å². The van der Waals surface area contributed by atoms with Gasteiger partial charge < -0.3 is 15.0 Å². The van der Waals surface area contributed by atoms with Crippen LogP contribution >= 0.6 is 0 Å². The van der Waals surface area contributed by atoms with E-state index in [9.17, 15) is 18.0 Å². The smallest absolute Gasteiger partial charge is 0.244 e. The van der Waals surface area contributed by atoms with Crippen LogP contribution in [0.25, 0.3) is 0 Å². The monoisotopic (exact) mass is 579 g/mol. The van der Waals surface area contributed by atoms with E-state index in [0.717, 1.165) is 32.8 Å². The molecule has 0 bridgehead atoms. The van der Waals surface area contributed by atoms with Crippen molar-refractivity contribution in [1.82, 2.24) is 10.2 Å². The van der Waals surface area contributed by atoms with Crippen LogP contribution in [0.4, 0.5) is 5.69 Å². The third-order valence-corrected chi connectivity index (χ3v) is 7.84. The molecule has 0 fully saturated rings. The second-order valence-electron chi connectivity index (χ2n) is 10.8. The molecule has 0 aliphatic rings. The van der Waals surface area contributed by atoms with Crippen LogP contribution in [-0.4, -0.2) is 57.6 Å². The number of rotatable bonds is 13. The first-order valence-corrected chi connectivity index (χ1v) is 15.5. The summed E-state index contributed by atoms with van der Waals surface area (Å²) in [6, 6.07) is 21.5. The van der Waals surface area contributed by atoms with Crippen LogP contribution in [0.15, 0.2) is 72.8 Å². The second-order valence-corrected chi connectivity index (χ2v) is 12.7. The van der Waals surface area contributed by atoms with Crippen LogP contribution in [0.5, 0.6) is 5.75 Å². The number of ether oxygens (including phenoxy) is 1. The van der Waals surface area contributed by atoms with Gasteiger partial charge in [0.1, 0.15) is 18.3 Å². The third kappa shape index (κ3) is 9.08. The molecular formula is C32H41N3O5S. The highest BCUT2D eigenvalue weighted by atomic mass is 32.2. The predicted molar refractivity (Wildman–Crippen MR) is 163 cm³/mol. The summed E-state index contributed by atoms with van der Waals surface area (Å²) < 4.78 is 32.6. The Morgan fingerprint density at radius 3 is 2.12 bits per heavy atom. The number of nitrogens with one attached hydrogen (secondary N) is 1. The number of nitrogens with zero attached hydrogens (tertiary/aromatic N) is 2. The summed E-state index contributed by atoms with van der Waals surface area (Å²) in [6.45, 7) is 7.91. The molecule has 0 aliphatic carbocycles. The van der Waals surface area contributed by atoms with Crippen molar-refractivity contribution < 1.29 is 22.7 Å². The summed E-state index contributed by atoms with van der Waals surface area (Å²) in [5, 5.41) is 2.99. The van der Waals surface area contributed by atoms with E-state index in [2.05, 4.69) is 5.32 Å². The summed E-state index contributed by atoms with van der Waals surface area (Å²) in [7, 11) is -2.44. The van der Waals surface area contributed by atoms with Gasteiger partial charge in [-0.05, 0) is 48.6 Å². The number of benzene rings is 3. The zero-order valence-corrected chi connectivity index (χ0v) is 25.6. The molecule has 0 saturated carbocycles. The maximum Gasteiger partial charge on any atom is 0.244 e. The predicted octanol–water partition coefficient (Wildman–Crippen LogP) is 4.49. The molecule has 0 heterocycles. The summed E-state index contributed by atoms with van der Waals surface area (Å²) in [4.78, 5) is 29.4. The molecule has 41 heavy (non-hydrogen) atoms. The van der Waals surface area contributed by atoms with Crippen LogP contribution in [-0.2, 0) is 32.6 Å². The number of hydrogen-bond donors (Lipinski definition) is 1. The second kappa shape index (κ2) is 14.2. The van der Waals surface area contributed by atoms with Gasteiger partial charge in [0.25, 0.3) is 0 Å². The van der Waals surface area contributed by atoms with E-state index < -0.39 is 28.5 Å². The van der Waals surface area contributed by atoms with E-state index in [1.54, 1.807) is 12.1 Å². The molecule has 8 nitrogen and oxygen atoms in total. The van der Waals surface area contributed by atoms with E-state index in [1.165, 1.54) is 12.0 Å². The Labute approximate surface area is 244 Å². The van der Waals surface area contributed by atoms with Gasteiger partial charge in [-0.15, -0.1) is 0 Å². The van der Waals surface area contributed by atoms with Crippen molar-refractivity contribution >= 4 is 27.5 Å². The lowest BCUT2D eigenvalue weighted by Crippen LogP contribution is -2.53. The molecule has 2 amide bonds. The van der Waals surface area contributed by atoms with Crippen LogP contribution in [0.1, 0.15) is 36.1 Å². The van der Waals surface area contributed by atoms with Crippen molar-refractivity contribution in [3.63, 3.8) is 0 Å². The Morgan fingerprint density at radius 2 is 1.54 bits per heavy atom. The summed E-state index contributed by atoms with van der Waals surface area (Å²) in [6.07, 6.45) is 1.33. The van der Waals surface area contributed by atoms with Gasteiger partial charge in [-0.25, -0.2) is 8.42 Å². The molecule has 0 saturated heterocycles. The van der Waals surface area contributed by atoms with Crippen LogP contribution in [0, 0.1) is 19.8 Å². The highest BCUT2D eigenvalue weighted by Crippen LogP contribution is 2.31. The van der Waals surface area contributed by atoms with E-state index >= 15 is 0 Å². The van der Waals surface area contributed by atoms with Crippen LogP contribution in [0.3, 0.4) is 0 Å². The zero-order chi connectivity index (χ0) is 30.2. The standard InChI is InChI=1S/C32H41N3O5S/c1-23(2)20-33-32(37)29(19-26-10-8-7-9-11-26)34(21-27-15-12-24(3)13-16-27)31(36)22-35(41(6,38)39)28-18-25(4)14-17-30(28)40-5/h7-18,23,29H,19-22H2,1-6H3,(H,33,37). The molecule has 0 spiro atoms. The summed E-state index contributed by atoms with van der Waals surface area (Å²) in [5.41, 5.74) is 3.87. The summed E-state index contributed by atoms with van der Waals surface area (Å²) in [5.74, 6) is -0.247. The Morgan fingerprint density at radius 1 is 0.902 bits per heavy atom. The van der Waals surface area contributed by atoms with Gasteiger partial charge in [0.2, 0.25) is 21.8 Å². The number of methoxy groups -OCH3 is 1. The zero-order valence-electron chi connectivity index (χ0n) is 24.8. The van der Waals surface area contributed by atoms with Crippen molar-refractivity contribution in [2.24, 2.45) is 5.92 Å². The SMILES string of the molecule is COc1ccc(C)cc1N(CC(=O)N(Cc1ccc(C)cc1)C(Cc1ccccc1)C(=O)NCC(C)C)S(C)(=O)=O. The fraction of sp³-hybridized carbons (Fsp3) is 0.375. The van der Waals surface area contributed by atoms with Gasteiger partial charge in [0.05, 0.1) is 19.1 Å². The normalized spacial score (nSPS) is 12.1. The molecule has 1 atom stereocenters. The van der Waals surface area contributed by atoms with E-state index in [1.807, 2.05) is 88.4 Å². The topological polar surface area (TPSA) is 96.0 Å². The first-order chi connectivity index (χ1) is 19.4. The lowest BCUT2D eigenvalue weighted by atomic mass is 10.0. The van der Waals surface area contributed by atoms with Gasteiger partial charge in [0.15, 0.2) is 0 Å². The quantitative estimate of drug-likeness (QED) is 0.322. The summed E-state index contributed by atoms with van der Waals surface area (Å²) >= 11 is 0. The molecule has 220 valence electrons. The van der Waals surface area contributed by atoms with Gasteiger partial charge in [-0.1, -0.05) is 80.1 Å². The van der Waals surface area contributed by atoms with Gasteiger partial charge >= 0.3 is 0 Å². The Balaban J connectivity index is 2.08. The lowest BCUT2D eigenvalue weighted by Gasteiger charge is -2.34. The number of amides is 2. The maximum absolute atomic E-state index is 14.2. The molecule has 3 aromatic rings. The van der Waals surface area contributed by atoms with Crippen LogP contribution in [0.2, 0.25) is 0 Å². The molecule has 3 aromatic carbocycles. The fourth-order valence-electron chi connectivity index (χ4n) is 4.46. The van der Waals surface area contributed by atoms with E-state index in [4.69, 9.17) is 4.74 Å². The average Bonchev–Trinajstić information content (AvgIpc) is 2.93. The molecule has 3 rings (SSSR count). The Hall–Kier alpha value is -3.85. The molecule has 0 aromatic heterocycles. The van der Waals surface area contributed by atoms with Crippen molar-refractivity contribution in [2.75, 3.05) is 30.8 Å². The van der Waals surface area contributed by atoms with Crippen LogP contribution < -0.4 is 14.4 Å². The molecule has 1 unspecified atom stereocenters. The minimum Gasteiger partial charge on any atom is -0.495 e. The number of anilines is 1. The number of carbonyl (C=O) groups excluding carboxylic acids is 2. The van der Waals surface area contributed by atoms with Gasteiger partial charge in [0, 0.05) is 19.5 Å². The first-order valence-electron chi connectivity index (χ1n) is 13.7. The van der Waals surface area contributed by atoms with Crippen molar-refractivity contribution in [2.45, 2.75) is 46.7 Å². The van der Waals surface area contributed by atoms with Crippen molar-refractivity contribution in [1.29, 1.82) is 0 Å². The molecule has 0 aliphatic heterocycles. The number of carbonyl (C=O) groups is 2. The lowest BCUT2D eigenvalue weighted by molar-refractivity contribution is -0.140. The molecule has 0 radical (unpaired) electrons. The fourth-order valence-corrected chi connectivity index (χ4v) is 5.30. The number of sulfonamides is 1. The van der Waals surface area contributed by atoms with Crippen molar-refractivity contribution in [3.05, 3.63) is 95.1 Å². The number of hydrogen-bond acceptors (Lipinski definition) is 5. The molecule has 1 N–H and O–H groups in total. The average molecular weight is 580 g/mol. The first kappa shape index (κ1) is 31.7. The van der Waals surface area contributed by atoms with Crippen molar-refractivity contribution in [3.8, 4) is 5.75 Å². The molecular weight excluding hydrogens is 538 g/mol. The largest absolute Gasteiger partial charge is 0.495 e. The minimum atomic E-state index is -3.90. The molecule has 9 heteroatoms.